The van der Waals surface area contributed by atoms with Crippen LogP contribution < -0.4 is 14.4 Å². The molecular formula is C33H24FN3O7S. The number of ether oxygens (including phenoxy) is 3. The van der Waals surface area contributed by atoms with Crippen molar-refractivity contribution in [2.45, 2.75) is 16.7 Å². The van der Waals surface area contributed by atoms with E-state index in [1.54, 1.807) is 30.3 Å². The molecule has 0 N–H and O–H groups in total. The first kappa shape index (κ1) is 30.9. The minimum Gasteiger partial charge on any atom is -0.493 e. The normalized spacial score (nSPS) is 14.2. The van der Waals surface area contributed by atoms with Gasteiger partial charge in [0.15, 0.2) is 23.9 Å². The standard InChI is InChI=1S/C33H24FN3O7S/c1-42-27-14-8-21(15-28(27)43-2)26(38)18-44-33(41)20-5-11-24(12-6-20)37-30(39)16-29(32(37)40)45-31-22(17-35)7-13-25(36-31)19-3-9-23(34)10-4-19/h3-15,29H,16,18H2,1-2H3. The number of benzene rings is 3. The smallest absolute Gasteiger partial charge is 0.338 e. The van der Waals surface area contributed by atoms with E-state index in [0.717, 1.165) is 16.7 Å². The zero-order valence-electron chi connectivity index (χ0n) is 24.0. The van der Waals surface area contributed by atoms with Crippen LogP contribution in [-0.4, -0.2) is 54.6 Å². The molecule has 0 bridgehead atoms. The van der Waals surface area contributed by atoms with Crippen molar-refractivity contribution in [1.29, 1.82) is 5.26 Å². The van der Waals surface area contributed by atoms with Crippen LogP contribution in [0, 0.1) is 17.1 Å². The predicted molar refractivity (Wildman–Crippen MR) is 162 cm³/mol. The van der Waals surface area contributed by atoms with E-state index < -0.39 is 41.2 Å². The van der Waals surface area contributed by atoms with Crippen LogP contribution in [0.25, 0.3) is 11.3 Å². The van der Waals surface area contributed by atoms with Crippen LogP contribution in [-0.2, 0) is 14.3 Å². The fourth-order valence-corrected chi connectivity index (χ4v) is 5.65. The summed E-state index contributed by atoms with van der Waals surface area (Å²) in [5, 5.41) is 9.03. The number of esters is 1. The SMILES string of the molecule is COc1ccc(C(=O)COC(=O)c2ccc(N3C(=O)CC(Sc4nc(-c5ccc(F)cc5)ccc4C#N)C3=O)cc2)cc1OC. The summed E-state index contributed by atoms with van der Waals surface area (Å²) in [6, 6.07) is 21.2. The number of imide groups is 1. The third-order valence-corrected chi connectivity index (χ3v) is 8.07. The van der Waals surface area contributed by atoms with E-state index >= 15 is 0 Å². The van der Waals surface area contributed by atoms with Crippen molar-refractivity contribution in [3.63, 3.8) is 0 Å². The Kier molecular flexibility index (Phi) is 9.20. The van der Waals surface area contributed by atoms with E-state index in [1.165, 1.54) is 62.8 Å². The van der Waals surface area contributed by atoms with Crippen LogP contribution >= 0.6 is 11.8 Å². The van der Waals surface area contributed by atoms with Crippen LogP contribution in [0.5, 0.6) is 11.5 Å². The van der Waals surface area contributed by atoms with E-state index in [9.17, 15) is 28.8 Å². The van der Waals surface area contributed by atoms with Gasteiger partial charge in [0.2, 0.25) is 11.8 Å². The van der Waals surface area contributed by atoms with Crippen molar-refractivity contribution >= 4 is 41.0 Å². The molecule has 1 aliphatic heterocycles. The van der Waals surface area contributed by atoms with Gasteiger partial charge in [-0.05, 0) is 78.9 Å². The summed E-state index contributed by atoms with van der Waals surface area (Å²) in [6.45, 7) is -0.515. The zero-order valence-corrected chi connectivity index (χ0v) is 24.8. The predicted octanol–water partition coefficient (Wildman–Crippen LogP) is 5.24. The minimum atomic E-state index is -0.840. The number of anilines is 1. The molecule has 0 spiro atoms. The van der Waals surface area contributed by atoms with E-state index in [2.05, 4.69) is 11.1 Å². The Bertz CT molecular complexity index is 1840. The molecule has 1 saturated heterocycles. The van der Waals surface area contributed by atoms with Gasteiger partial charge >= 0.3 is 5.97 Å². The van der Waals surface area contributed by atoms with Gasteiger partial charge in [-0.1, -0.05) is 11.8 Å². The van der Waals surface area contributed by atoms with Crippen molar-refractivity contribution in [2.75, 3.05) is 25.7 Å². The lowest BCUT2D eigenvalue weighted by molar-refractivity contribution is -0.121. The van der Waals surface area contributed by atoms with Gasteiger partial charge in [0.25, 0.3) is 0 Å². The first-order chi connectivity index (χ1) is 21.7. The molecule has 10 nitrogen and oxygen atoms in total. The molecule has 226 valence electrons. The Hall–Kier alpha value is -5.54. The van der Waals surface area contributed by atoms with E-state index in [1.807, 2.05) is 0 Å². The number of hydrogen-bond acceptors (Lipinski definition) is 10. The lowest BCUT2D eigenvalue weighted by Crippen LogP contribution is -2.31. The Morgan fingerprint density at radius 2 is 1.64 bits per heavy atom. The molecule has 1 aromatic heterocycles. The van der Waals surface area contributed by atoms with Gasteiger partial charge in [-0.3, -0.25) is 14.4 Å². The number of pyridine rings is 1. The highest BCUT2D eigenvalue weighted by Crippen LogP contribution is 2.36. The Labute approximate surface area is 261 Å². The maximum absolute atomic E-state index is 13.4. The van der Waals surface area contributed by atoms with Crippen LogP contribution in [0.3, 0.4) is 0 Å². The quantitative estimate of drug-likeness (QED) is 0.131. The summed E-state index contributed by atoms with van der Waals surface area (Å²) in [6.07, 6.45) is -0.126. The molecule has 2 amide bonds. The summed E-state index contributed by atoms with van der Waals surface area (Å²) in [5.74, 6) is -1.76. The van der Waals surface area contributed by atoms with Crippen molar-refractivity contribution < 1.29 is 37.8 Å². The van der Waals surface area contributed by atoms with Crippen molar-refractivity contribution in [3.05, 3.63) is 101 Å². The Balaban J connectivity index is 1.24. The van der Waals surface area contributed by atoms with Gasteiger partial charge in [0.1, 0.15) is 16.9 Å². The number of thioether (sulfide) groups is 1. The van der Waals surface area contributed by atoms with Gasteiger partial charge in [0, 0.05) is 17.5 Å². The molecule has 1 fully saturated rings. The maximum atomic E-state index is 13.4. The lowest BCUT2D eigenvalue weighted by Gasteiger charge is -2.15. The number of rotatable bonds is 10. The third-order valence-electron chi connectivity index (χ3n) is 6.88. The summed E-state index contributed by atoms with van der Waals surface area (Å²) >= 11 is 1.00. The molecule has 0 radical (unpaired) electrons. The molecule has 4 aromatic rings. The Morgan fingerprint density at radius 3 is 2.31 bits per heavy atom. The topological polar surface area (TPSA) is 136 Å². The second-order valence-electron chi connectivity index (χ2n) is 9.66. The van der Waals surface area contributed by atoms with E-state index in [4.69, 9.17) is 14.2 Å². The highest BCUT2D eigenvalue weighted by Gasteiger charge is 2.41. The average Bonchev–Trinajstić information content (AvgIpc) is 3.34. The number of nitriles is 1. The molecule has 1 atom stereocenters. The monoisotopic (exact) mass is 625 g/mol. The molecular weight excluding hydrogens is 601 g/mol. The number of halogens is 1. The van der Waals surface area contributed by atoms with Gasteiger partial charge in [-0.25, -0.2) is 19.1 Å². The summed E-state index contributed by atoms with van der Waals surface area (Å²) in [5.41, 5.74) is 1.98. The minimum absolute atomic E-state index is 0.115. The number of ketones is 1. The zero-order chi connectivity index (χ0) is 32.1. The molecule has 1 unspecified atom stereocenters. The van der Waals surface area contributed by atoms with Gasteiger partial charge in [-0.2, -0.15) is 5.26 Å². The molecule has 0 aliphatic carbocycles. The lowest BCUT2D eigenvalue weighted by atomic mass is 10.1. The molecule has 0 saturated carbocycles. The summed E-state index contributed by atoms with van der Waals surface area (Å²) < 4.78 is 28.9. The Morgan fingerprint density at radius 1 is 0.956 bits per heavy atom. The van der Waals surface area contributed by atoms with Crippen LogP contribution in [0.1, 0.15) is 32.7 Å². The van der Waals surface area contributed by atoms with E-state index in [0.29, 0.717) is 22.8 Å². The highest BCUT2D eigenvalue weighted by molar-refractivity contribution is 8.00. The number of amides is 2. The second kappa shape index (κ2) is 13.4. The van der Waals surface area contributed by atoms with Gasteiger partial charge in [0.05, 0.1) is 42.0 Å². The first-order valence-electron chi connectivity index (χ1n) is 13.4. The molecule has 45 heavy (non-hydrogen) atoms. The number of hydrogen-bond donors (Lipinski definition) is 0. The molecule has 12 heteroatoms. The molecule has 2 heterocycles. The van der Waals surface area contributed by atoms with Crippen LogP contribution in [0.15, 0.2) is 83.9 Å². The van der Waals surface area contributed by atoms with E-state index in [-0.39, 0.29) is 33.8 Å². The largest absolute Gasteiger partial charge is 0.493 e. The number of aromatic nitrogens is 1. The number of carbonyl (C=O) groups excluding carboxylic acids is 4. The van der Waals surface area contributed by atoms with Gasteiger partial charge in [-0.15, -0.1) is 0 Å². The van der Waals surface area contributed by atoms with Crippen LogP contribution in [0.4, 0.5) is 10.1 Å². The van der Waals surface area contributed by atoms with Crippen molar-refractivity contribution in [2.24, 2.45) is 0 Å². The summed E-state index contributed by atoms with van der Waals surface area (Å²) in [4.78, 5) is 56.9. The molecule has 5 rings (SSSR count). The maximum Gasteiger partial charge on any atom is 0.338 e. The van der Waals surface area contributed by atoms with Crippen molar-refractivity contribution in [3.8, 4) is 28.8 Å². The third kappa shape index (κ3) is 6.68. The number of Topliss-reactive ketones (excluding diaryl/α,β-unsaturated/α-hetero) is 1. The summed E-state index contributed by atoms with van der Waals surface area (Å²) in [7, 11) is 2.91. The fraction of sp³-hybridized carbons (Fsp3) is 0.152. The number of carbonyl (C=O) groups is 4. The first-order valence-corrected chi connectivity index (χ1v) is 14.3. The highest BCUT2D eigenvalue weighted by atomic mass is 32.2. The van der Waals surface area contributed by atoms with Gasteiger partial charge < -0.3 is 14.2 Å². The van der Waals surface area contributed by atoms with Crippen LogP contribution in [0.2, 0.25) is 0 Å². The number of methoxy groups -OCH3 is 2. The average molecular weight is 626 g/mol. The molecule has 3 aromatic carbocycles. The second-order valence-corrected chi connectivity index (χ2v) is 10.9. The van der Waals surface area contributed by atoms with Crippen molar-refractivity contribution in [1.82, 2.24) is 4.98 Å². The fourth-order valence-electron chi connectivity index (χ4n) is 4.55. The number of nitrogens with zero attached hydrogens (tertiary/aromatic N) is 3. The molecule has 1 aliphatic rings.